The predicted molar refractivity (Wildman–Crippen MR) is 67.8 cm³/mol. The van der Waals surface area contributed by atoms with Gasteiger partial charge in [0.25, 0.3) is 0 Å². The van der Waals surface area contributed by atoms with Gasteiger partial charge in [0, 0.05) is 0 Å². The van der Waals surface area contributed by atoms with Gasteiger partial charge in [0.05, 0.1) is 11.5 Å². The van der Waals surface area contributed by atoms with Gasteiger partial charge in [0.1, 0.15) is 5.60 Å². The average Bonchev–Trinajstić information content (AvgIpc) is 2.22. The molecule has 0 aromatic heterocycles. The zero-order chi connectivity index (χ0) is 13.1. The van der Waals surface area contributed by atoms with Gasteiger partial charge < -0.3 is 9.84 Å². The third-order valence-corrected chi connectivity index (χ3v) is 5.09. The van der Waals surface area contributed by atoms with Crippen molar-refractivity contribution in [3.8, 4) is 0 Å². The molecule has 102 valence electrons. The molecule has 0 aromatic carbocycles. The van der Waals surface area contributed by atoms with Crippen molar-refractivity contribution in [2.75, 3.05) is 0 Å². The maximum atomic E-state index is 12.1. The van der Waals surface area contributed by atoms with Gasteiger partial charge in [0.15, 0.2) is 0 Å². The molecule has 18 heavy (non-hydrogen) atoms. The topological polar surface area (TPSA) is 46.5 Å². The Morgan fingerprint density at radius 3 is 2.22 bits per heavy atom. The molecule has 0 aromatic rings. The van der Waals surface area contributed by atoms with Crippen LogP contribution in [0, 0.1) is 23.2 Å². The summed E-state index contributed by atoms with van der Waals surface area (Å²) in [6, 6.07) is 0. The molecule has 0 radical (unpaired) electrons. The van der Waals surface area contributed by atoms with Crippen molar-refractivity contribution in [1.29, 1.82) is 0 Å². The van der Waals surface area contributed by atoms with E-state index in [9.17, 15) is 9.90 Å². The zero-order valence-corrected chi connectivity index (χ0v) is 11.6. The summed E-state index contributed by atoms with van der Waals surface area (Å²) in [6.45, 7) is 5.72. The van der Waals surface area contributed by atoms with Crippen LogP contribution in [0.5, 0.6) is 0 Å². The Labute approximate surface area is 109 Å². The van der Waals surface area contributed by atoms with Crippen LogP contribution in [0.25, 0.3) is 0 Å². The first-order chi connectivity index (χ1) is 8.29. The zero-order valence-electron chi connectivity index (χ0n) is 11.6. The second-order valence-electron chi connectivity index (χ2n) is 7.78. The standard InChI is InChI=1S/C15H24O3/c1-14(2,3)13(17)18-15-6-9-4-10(7-15)12(16)11(5-9)8-15/h9-12,16H,4-8H2,1-3H3. The molecular weight excluding hydrogens is 228 g/mol. The molecular formula is C15H24O3. The second-order valence-corrected chi connectivity index (χ2v) is 7.78. The van der Waals surface area contributed by atoms with Crippen molar-refractivity contribution in [2.45, 2.75) is 64.6 Å². The van der Waals surface area contributed by atoms with Gasteiger partial charge in [-0.15, -0.1) is 0 Å². The molecule has 3 heteroatoms. The summed E-state index contributed by atoms with van der Waals surface area (Å²) in [5.74, 6) is 1.31. The summed E-state index contributed by atoms with van der Waals surface area (Å²) in [4.78, 5) is 12.1. The highest BCUT2D eigenvalue weighted by Gasteiger charge is 2.57. The number of hydrogen-bond donors (Lipinski definition) is 1. The molecule has 4 rings (SSSR count). The van der Waals surface area contributed by atoms with Crippen LogP contribution in [0.3, 0.4) is 0 Å². The van der Waals surface area contributed by atoms with Gasteiger partial charge in [-0.2, -0.15) is 0 Å². The van der Waals surface area contributed by atoms with Gasteiger partial charge in [0.2, 0.25) is 0 Å². The van der Waals surface area contributed by atoms with E-state index in [0.29, 0.717) is 17.8 Å². The number of hydrogen-bond acceptors (Lipinski definition) is 3. The Balaban J connectivity index is 1.78. The van der Waals surface area contributed by atoms with Crippen LogP contribution in [0.15, 0.2) is 0 Å². The normalized spacial score (nSPS) is 46.2. The van der Waals surface area contributed by atoms with Gasteiger partial charge in [-0.05, 0) is 70.6 Å². The molecule has 2 unspecified atom stereocenters. The van der Waals surface area contributed by atoms with Gasteiger partial charge >= 0.3 is 5.97 Å². The largest absolute Gasteiger partial charge is 0.459 e. The highest BCUT2D eigenvalue weighted by Crippen LogP contribution is 2.57. The monoisotopic (exact) mass is 252 g/mol. The number of aliphatic hydroxyl groups excluding tert-OH is 1. The molecule has 3 nitrogen and oxygen atoms in total. The molecule has 2 atom stereocenters. The summed E-state index contributed by atoms with van der Waals surface area (Å²) < 4.78 is 5.91. The minimum atomic E-state index is -0.429. The van der Waals surface area contributed by atoms with E-state index in [0.717, 1.165) is 32.1 Å². The van der Waals surface area contributed by atoms with E-state index in [2.05, 4.69) is 0 Å². The Morgan fingerprint density at radius 2 is 1.72 bits per heavy atom. The minimum Gasteiger partial charge on any atom is -0.459 e. The fourth-order valence-corrected chi connectivity index (χ4v) is 4.40. The lowest BCUT2D eigenvalue weighted by molar-refractivity contribution is -0.212. The van der Waals surface area contributed by atoms with Crippen LogP contribution in [-0.2, 0) is 9.53 Å². The van der Waals surface area contributed by atoms with E-state index < -0.39 is 5.41 Å². The lowest BCUT2D eigenvalue weighted by atomic mass is 9.53. The van der Waals surface area contributed by atoms with Crippen LogP contribution in [0.1, 0.15) is 52.9 Å². The Bertz CT molecular complexity index is 352. The molecule has 0 saturated heterocycles. The van der Waals surface area contributed by atoms with E-state index in [-0.39, 0.29) is 17.7 Å². The smallest absolute Gasteiger partial charge is 0.311 e. The van der Waals surface area contributed by atoms with E-state index in [1.165, 1.54) is 0 Å². The first kappa shape index (κ1) is 12.5. The lowest BCUT2D eigenvalue weighted by Gasteiger charge is -2.58. The summed E-state index contributed by atoms with van der Waals surface area (Å²) in [6.07, 6.45) is 4.89. The van der Waals surface area contributed by atoms with Crippen LogP contribution >= 0.6 is 0 Å². The Kier molecular flexibility index (Phi) is 2.58. The first-order valence-electron chi connectivity index (χ1n) is 7.21. The van der Waals surface area contributed by atoms with Gasteiger partial charge in [-0.3, -0.25) is 4.79 Å². The van der Waals surface area contributed by atoms with Crippen molar-refractivity contribution in [1.82, 2.24) is 0 Å². The Hall–Kier alpha value is -0.570. The SMILES string of the molecule is CC(C)(C)C(=O)OC12CC3CC(C1)C(O)C(C3)C2. The molecule has 4 bridgehead atoms. The maximum Gasteiger partial charge on any atom is 0.311 e. The van der Waals surface area contributed by atoms with E-state index in [1.54, 1.807) is 0 Å². The molecule has 4 fully saturated rings. The minimum absolute atomic E-state index is 0.0843. The van der Waals surface area contributed by atoms with Gasteiger partial charge in [-0.1, -0.05) is 0 Å². The first-order valence-corrected chi connectivity index (χ1v) is 7.21. The number of rotatable bonds is 1. The number of aliphatic hydroxyl groups is 1. The second kappa shape index (κ2) is 3.72. The summed E-state index contributed by atoms with van der Waals surface area (Å²) in [5, 5.41) is 10.2. The fourth-order valence-electron chi connectivity index (χ4n) is 4.40. The van der Waals surface area contributed by atoms with Crippen LogP contribution in [0.4, 0.5) is 0 Å². The molecule has 0 aliphatic heterocycles. The van der Waals surface area contributed by atoms with Crippen LogP contribution in [0.2, 0.25) is 0 Å². The average molecular weight is 252 g/mol. The van der Waals surface area contributed by atoms with Crippen molar-refractivity contribution in [3.63, 3.8) is 0 Å². The van der Waals surface area contributed by atoms with E-state index in [1.807, 2.05) is 20.8 Å². The fraction of sp³-hybridized carbons (Fsp3) is 0.933. The number of ether oxygens (including phenoxy) is 1. The number of carbonyl (C=O) groups excluding carboxylic acids is 1. The van der Waals surface area contributed by atoms with Crippen molar-refractivity contribution >= 4 is 5.97 Å². The van der Waals surface area contributed by atoms with Crippen molar-refractivity contribution in [2.24, 2.45) is 23.2 Å². The van der Waals surface area contributed by atoms with E-state index in [4.69, 9.17) is 4.74 Å². The van der Waals surface area contributed by atoms with Crippen molar-refractivity contribution in [3.05, 3.63) is 0 Å². The van der Waals surface area contributed by atoms with Crippen LogP contribution < -0.4 is 0 Å². The predicted octanol–water partition coefficient (Wildman–Crippen LogP) is 2.52. The quantitative estimate of drug-likeness (QED) is 0.729. The number of esters is 1. The lowest BCUT2D eigenvalue weighted by Crippen LogP contribution is -2.59. The van der Waals surface area contributed by atoms with Gasteiger partial charge in [-0.25, -0.2) is 0 Å². The molecule has 4 saturated carbocycles. The molecule has 1 N–H and O–H groups in total. The van der Waals surface area contributed by atoms with Crippen molar-refractivity contribution < 1.29 is 14.6 Å². The van der Waals surface area contributed by atoms with Crippen LogP contribution in [-0.4, -0.2) is 22.8 Å². The number of carbonyl (C=O) groups is 1. The molecule has 0 amide bonds. The molecule has 4 aliphatic carbocycles. The highest BCUT2D eigenvalue weighted by atomic mass is 16.6. The molecule has 0 heterocycles. The van der Waals surface area contributed by atoms with E-state index >= 15 is 0 Å². The third kappa shape index (κ3) is 1.87. The molecule has 0 spiro atoms. The molecule has 4 aliphatic rings. The third-order valence-electron chi connectivity index (χ3n) is 5.09. The summed E-state index contributed by atoms with van der Waals surface area (Å²) in [5.41, 5.74) is -0.679. The summed E-state index contributed by atoms with van der Waals surface area (Å²) in [7, 11) is 0. The highest BCUT2D eigenvalue weighted by molar-refractivity contribution is 5.75. The maximum absolute atomic E-state index is 12.1. The Morgan fingerprint density at radius 1 is 1.17 bits per heavy atom. The summed E-state index contributed by atoms with van der Waals surface area (Å²) >= 11 is 0.